The fourth-order valence-electron chi connectivity index (χ4n) is 3.35. The van der Waals surface area contributed by atoms with E-state index in [9.17, 15) is 14.0 Å². The molecule has 3 rings (SSSR count). The lowest BCUT2D eigenvalue weighted by Crippen LogP contribution is -2.38. The Hall–Kier alpha value is -2.74. The number of aryl methyl sites for hydroxylation is 1. The van der Waals surface area contributed by atoms with Crippen LogP contribution in [0.2, 0.25) is 0 Å². The van der Waals surface area contributed by atoms with E-state index in [0.717, 1.165) is 11.3 Å². The second-order valence-corrected chi connectivity index (χ2v) is 7.38. The van der Waals surface area contributed by atoms with Crippen molar-refractivity contribution in [3.8, 4) is 0 Å². The van der Waals surface area contributed by atoms with Crippen LogP contribution in [0.15, 0.2) is 30.5 Å². The molecule has 1 saturated heterocycles. The normalized spacial score (nSPS) is 16.6. The number of likely N-dealkylation sites (tertiary alicyclic amines) is 1. The van der Waals surface area contributed by atoms with Crippen LogP contribution in [0.25, 0.3) is 0 Å². The Morgan fingerprint density at radius 2 is 2.04 bits per heavy atom. The molecule has 2 heterocycles. The Bertz CT molecular complexity index is 849. The summed E-state index contributed by atoms with van der Waals surface area (Å²) >= 11 is 0. The topological polar surface area (TPSA) is 70.5 Å². The summed E-state index contributed by atoms with van der Waals surface area (Å²) in [7, 11) is 3.68. The average molecular weight is 387 g/mol. The second kappa shape index (κ2) is 8.52. The Morgan fingerprint density at radius 3 is 2.68 bits per heavy atom. The molecule has 0 spiro atoms. The first-order chi connectivity index (χ1) is 13.3. The lowest BCUT2D eigenvalue weighted by Gasteiger charge is -2.21. The van der Waals surface area contributed by atoms with E-state index in [0.29, 0.717) is 31.7 Å². The van der Waals surface area contributed by atoms with Gasteiger partial charge in [0.05, 0.1) is 30.0 Å². The van der Waals surface area contributed by atoms with Crippen molar-refractivity contribution >= 4 is 17.5 Å². The minimum Gasteiger partial charge on any atom is -0.341 e. The quantitative estimate of drug-likeness (QED) is 0.820. The number of nitrogens with one attached hydrogen (secondary N) is 1. The maximum absolute atomic E-state index is 13.0. The van der Waals surface area contributed by atoms with Crippen molar-refractivity contribution < 1.29 is 14.0 Å². The van der Waals surface area contributed by atoms with Crippen molar-refractivity contribution in [1.82, 2.24) is 19.6 Å². The summed E-state index contributed by atoms with van der Waals surface area (Å²) in [6, 6.07) is 6.26. The number of hydrogen-bond donors (Lipinski definition) is 1. The number of carbonyl (C=O) groups excluding carboxylic acids is 2. The number of benzene rings is 1. The van der Waals surface area contributed by atoms with Crippen molar-refractivity contribution in [2.24, 2.45) is 13.0 Å². The summed E-state index contributed by atoms with van der Waals surface area (Å²) in [5, 5.41) is 7.03. The van der Waals surface area contributed by atoms with Gasteiger partial charge in [-0.05, 0) is 38.1 Å². The zero-order valence-corrected chi connectivity index (χ0v) is 16.5. The van der Waals surface area contributed by atoms with E-state index in [1.54, 1.807) is 27.9 Å². The molecule has 28 heavy (non-hydrogen) atoms. The third kappa shape index (κ3) is 4.75. The summed E-state index contributed by atoms with van der Waals surface area (Å²) < 4.78 is 14.7. The van der Waals surface area contributed by atoms with Gasteiger partial charge in [-0.3, -0.25) is 19.2 Å². The maximum Gasteiger partial charge on any atom is 0.236 e. The molecule has 8 heteroatoms. The molecule has 7 nitrogen and oxygen atoms in total. The van der Waals surface area contributed by atoms with Gasteiger partial charge in [-0.25, -0.2) is 4.39 Å². The van der Waals surface area contributed by atoms with Gasteiger partial charge < -0.3 is 10.2 Å². The number of anilines is 1. The third-order valence-electron chi connectivity index (χ3n) is 5.18. The summed E-state index contributed by atoms with van der Waals surface area (Å²) in [4.78, 5) is 28.7. The third-order valence-corrected chi connectivity index (χ3v) is 5.18. The highest BCUT2D eigenvalue weighted by Crippen LogP contribution is 2.20. The second-order valence-electron chi connectivity index (χ2n) is 7.38. The molecule has 1 aliphatic heterocycles. The summed E-state index contributed by atoms with van der Waals surface area (Å²) in [5.74, 6) is -0.570. The van der Waals surface area contributed by atoms with Gasteiger partial charge in [-0.15, -0.1) is 0 Å². The van der Waals surface area contributed by atoms with E-state index < -0.39 is 0 Å². The van der Waals surface area contributed by atoms with Crippen LogP contribution < -0.4 is 5.32 Å². The molecule has 1 aliphatic rings. The van der Waals surface area contributed by atoms with E-state index in [2.05, 4.69) is 10.4 Å². The molecular formula is C20H26FN5O2. The van der Waals surface area contributed by atoms with Gasteiger partial charge in [0.1, 0.15) is 5.82 Å². The number of amides is 2. The van der Waals surface area contributed by atoms with Crippen molar-refractivity contribution in [2.75, 3.05) is 32.0 Å². The minimum absolute atomic E-state index is 0.00234. The highest BCUT2D eigenvalue weighted by atomic mass is 19.1. The van der Waals surface area contributed by atoms with E-state index in [-0.39, 0.29) is 30.1 Å². The molecule has 2 amide bonds. The van der Waals surface area contributed by atoms with Gasteiger partial charge in [0.15, 0.2) is 0 Å². The van der Waals surface area contributed by atoms with Crippen LogP contribution in [-0.2, 0) is 23.2 Å². The largest absolute Gasteiger partial charge is 0.341 e. The van der Waals surface area contributed by atoms with Gasteiger partial charge in [-0.2, -0.15) is 5.10 Å². The molecule has 0 aliphatic carbocycles. The number of hydrogen-bond acceptors (Lipinski definition) is 4. The first-order valence-corrected chi connectivity index (χ1v) is 9.33. The van der Waals surface area contributed by atoms with Gasteiger partial charge in [0.25, 0.3) is 0 Å². The van der Waals surface area contributed by atoms with Gasteiger partial charge >= 0.3 is 0 Å². The van der Waals surface area contributed by atoms with Crippen LogP contribution in [0.3, 0.4) is 0 Å². The lowest BCUT2D eigenvalue weighted by atomic mass is 10.1. The molecule has 1 aromatic heterocycles. The number of halogens is 1. The van der Waals surface area contributed by atoms with Crippen LogP contribution in [-0.4, -0.2) is 58.1 Å². The molecule has 1 fully saturated rings. The molecular weight excluding hydrogens is 361 g/mol. The number of rotatable bonds is 6. The number of likely N-dealkylation sites (N-methyl/N-ethyl adjacent to an activating group) is 1. The monoisotopic (exact) mass is 387 g/mol. The summed E-state index contributed by atoms with van der Waals surface area (Å²) in [5.41, 5.74) is 2.54. The SMILES string of the molecule is Cc1c(NC(=O)C2CCN(C(=O)CN(C)Cc3ccc(F)cc3)C2)cnn1C. The van der Waals surface area contributed by atoms with E-state index in [1.807, 2.05) is 25.9 Å². The Morgan fingerprint density at radius 1 is 1.32 bits per heavy atom. The van der Waals surface area contributed by atoms with Crippen LogP contribution >= 0.6 is 0 Å². The molecule has 0 radical (unpaired) electrons. The minimum atomic E-state index is -0.273. The Kier molecular flexibility index (Phi) is 6.08. The number of carbonyl (C=O) groups is 2. The maximum atomic E-state index is 13.0. The van der Waals surface area contributed by atoms with Crippen LogP contribution in [0.4, 0.5) is 10.1 Å². The van der Waals surface area contributed by atoms with Crippen LogP contribution in [0, 0.1) is 18.7 Å². The first-order valence-electron chi connectivity index (χ1n) is 9.33. The summed E-state index contributed by atoms with van der Waals surface area (Å²) in [6.45, 7) is 3.71. The molecule has 1 unspecified atom stereocenters. The van der Waals surface area contributed by atoms with Gasteiger partial charge in [0, 0.05) is 26.7 Å². The zero-order chi connectivity index (χ0) is 20.3. The van der Waals surface area contributed by atoms with E-state index in [1.165, 1.54) is 12.1 Å². The molecule has 0 saturated carbocycles. The van der Waals surface area contributed by atoms with Gasteiger partial charge in [0.2, 0.25) is 11.8 Å². The predicted octanol–water partition coefficient (Wildman–Crippen LogP) is 1.79. The lowest BCUT2D eigenvalue weighted by molar-refractivity contribution is -0.131. The standard InChI is InChI=1S/C20H26FN5O2/c1-14-18(10-22-25(14)3)23-20(28)16-8-9-26(12-16)19(27)13-24(2)11-15-4-6-17(21)7-5-15/h4-7,10,16H,8-9,11-13H2,1-3H3,(H,23,28). The Balaban J connectivity index is 1.48. The van der Waals surface area contributed by atoms with Crippen molar-refractivity contribution in [3.05, 3.63) is 47.5 Å². The average Bonchev–Trinajstić information content (AvgIpc) is 3.27. The zero-order valence-electron chi connectivity index (χ0n) is 16.5. The molecule has 150 valence electrons. The van der Waals surface area contributed by atoms with Gasteiger partial charge in [-0.1, -0.05) is 12.1 Å². The van der Waals surface area contributed by atoms with Crippen LogP contribution in [0.5, 0.6) is 0 Å². The van der Waals surface area contributed by atoms with Crippen LogP contribution in [0.1, 0.15) is 17.7 Å². The molecule has 1 aromatic carbocycles. The predicted molar refractivity (Wildman–Crippen MR) is 104 cm³/mol. The molecule has 1 N–H and O–H groups in total. The smallest absolute Gasteiger partial charge is 0.236 e. The summed E-state index contributed by atoms with van der Waals surface area (Å²) in [6.07, 6.45) is 2.29. The number of nitrogens with zero attached hydrogens (tertiary/aromatic N) is 4. The van der Waals surface area contributed by atoms with Crippen molar-refractivity contribution in [3.63, 3.8) is 0 Å². The van der Waals surface area contributed by atoms with E-state index in [4.69, 9.17) is 0 Å². The van der Waals surface area contributed by atoms with Crippen molar-refractivity contribution in [2.45, 2.75) is 19.9 Å². The van der Waals surface area contributed by atoms with E-state index >= 15 is 0 Å². The van der Waals surface area contributed by atoms with Crippen molar-refractivity contribution in [1.29, 1.82) is 0 Å². The number of aromatic nitrogens is 2. The molecule has 2 aromatic rings. The highest BCUT2D eigenvalue weighted by Gasteiger charge is 2.31. The fourth-order valence-corrected chi connectivity index (χ4v) is 3.35. The Labute approximate surface area is 164 Å². The highest BCUT2D eigenvalue weighted by molar-refractivity contribution is 5.94. The molecule has 0 bridgehead atoms. The fraction of sp³-hybridized carbons (Fsp3) is 0.450. The molecule has 1 atom stereocenters. The first kappa shape index (κ1) is 20.0.